The zero-order valence-electron chi connectivity index (χ0n) is 10.1. The summed E-state index contributed by atoms with van der Waals surface area (Å²) in [7, 11) is 0. The van der Waals surface area contributed by atoms with Crippen LogP contribution in [-0.4, -0.2) is 22.6 Å². The molecular weight excluding hydrogens is 198 g/mol. The lowest BCUT2D eigenvalue weighted by Gasteiger charge is -2.24. The van der Waals surface area contributed by atoms with E-state index in [1.807, 2.05) is 0 Å². The summed E-state index contributed by atoms with van der Waals surface area (Å²) in [5.74, 6) is 2.98. The van der Waals surface area contributed by atoms with E-state index < -0.39 is 0 Å². The number of hydrogen-bond donors (Lipinski definition) is 1. The van der Waals surface area contributed by atoms with E-state index in [0.29, 0.717) is 0 Å². The molecule has 2 heterocycles. The van der Waals surface area contributed by atoms with Gasteiger partial charge in [-0.2, -0.15) is 0 Å². The van der Waals surface area contributed by atoms with E-state index in [1.165, 1.54) is 56.8 Å². The topological polar surface area (TPSA) is 29.9 Å². The Balaban J connectivity index is 1.74. The summed E-state index contributed by atoms with van der Waals surface area (Å²) in [6.07, 6.45) is 7.39. The molecule has 3 heteroatoms. The zero-order valence-corrected chi connectivity index (χ0v) is 10.1. The fraction of sp³-hybridized carbons (Fsp3) is 0.769. The van der Waals surface area contributed by atoms with Crippen LogP contribution >= 0.6 is 0 Å². The molecule has 1 aromatic heterocycles. The Morgan fingerprint density at radius 2 is 2.06 bits per heavy atom. The van der Waals surface area contributed by atoms with Gasteiger partial charge in [-0.25, -0.2) is 4.98 Å². The summed E-state index contributed by atoms with van der Waals surface area (Å²) in [4.78, 5) is 4.59. The second-order valence-electron chi connectivity index (χ2n) is 5.34. The van der Waals surface area contributed by atoms with Crippen LogP contribution in [0.5, 0.6) is 0 Å². The Bertz CT molecular complexity index is 359. The molecule has 3 nitrogen and oxygen atoms in total. The molecule has 0 unspecified atom stereocenters. The van der Waals surface area contributed by atoms with Crippen molar-refractivity contribution in [1.82, 2.24) is 14.9 Å². The molecule has 0 bridgehead atoms. The molecule has 3 rings (SSSR count). The summed E-state index contributed by atoms with van der Waals surface area (Å²) in [5.41, 5.74) is 1.35. The lowest BCUT2D eigenvalue weighted by molar-refractivity contribution is 0.327. The number of nitrogens with one attached hydrogen (secondary N) is 1. The van der Waals surface area contributed by atoms with Crippen molar-refractivity contribution in [3.63, 3.8) is 0 Å². The predicted octanol–water partition coefficient (Wildman–Crippen LogP) is 2.07. The monoisotopic (exact) mass is 219 g/mol. The van der Waals surface area contributed by atoms with Crippen molar-refractivity contribution in [2.24, 2.45) is 5.92 Å². The average Bonchev–Trinajstić information content (AvgIpc) is 3.08. The highest BCUT2D eigenvalue weighted by molar-refractivity contribution is 5.12. The van der Waals surface area contributed by atoms with Crippen molar-refractivity contribution >= 4 is 0 Å². The van der Waals surface area contributed by atoms with Crippen LogP contribution in [0, 0.1) is 12.8 Å². The summed E-state index contributed by atoms with van der Waals surface area (Å²) in [6.45, 7) is 5.77. The van der Waals surface area contributed by atoms with Crippen LogP contribution < -0.4 is 5.32 Å². The van der Waals surface area contributed by atoms with E-state index >= 15 is 0 Å². The van der Waals surface area contributed by atoms with Crippen LogP contribution in [-0.2, 0) is 6.54 Å². The number of nitrogens with zero attached hydrogens (tertiary/aromatic N) is 2. The molecule has 1 saturated carbocycles. The molecule has 0 aromatic carbocycles. The van der Waals surface area contributed by atoms with Crippen molar-refractivity contribution in [2.75, 3.05) is 13.1 Å². The van der Waals surface area contributed by atoms with Gasteiger partial charge in [-0.1, -0.05) is 0 Å². The van der Waals surface area contributed by atoms with Crippen molar-refractivity contribution in [2.45, 2.75) is 45.1 Å². The van der Waals surface area contributed by atoms with Crippen LogP contribution in [0.3, 0.4) is 0 Å². The van der Waals surface area contributed by atoms with E-state index in [2.05, 4.69) is 28.0 Å². The maximum atomic E-state index is 4.59. The van der Waals surface area contributed by atoms with E-state index in [0.717, 1.165) is 11.8 Å². The van der Waals surface area contributed by atoms with Gasteiger partial charge in [0.15, 0.2) is 0 Å². The second kappa shape index (κ2) is 4.21. The summed E-state index contributed by atoms with van der Waals surface area (Å²) in [6, 6.07) is 0. The Morgan fingerprint density at radius 1 is 1.31 bits per heavy atom. The third-order valence-corrected chi connectivity index (χ3v) is 3.93. The molecule has 1 saturated heterocycles. The molecule has 16 heavy (non-hydrogen) atoms. The molecule has 1 aromatic rings. The highest BCUT2D eigenvalue weighted by Gasteiger charge is 2.29. The van der Waals surface area contributed by atoms with Gasteiger partial charge in [-0.05, 0) is 51.6 Å². The smallest absolute Gasteiger partial charge is 0.111 e. The number of aryl methyl sites for hydroxylation is 1. The van der Waals surface area contributed by atoms with Crippen molar-refractivity contribution < 1.29 is 0 Å². The van der Waals surface area contributed by atoms with Crippen molar-refractivity contribution in [3.8, 4) is 0 Å². The molecule has 0 atom stereocenters. The average molecular weight is 219 g/mol. The van der Waals surface area contributed by atoms with Gasteiger partial charge >= 0.3 is 0 Å². The maximum absolute atomic E-state index is 4.59. The van der Waals surface area contributed by atoms with Gasteiger partial charge in [-0.3, -0.25) is 0 Å². The van der Waals surface area contributed by atoms with Crippen LogP contribution in [0.1, 0.15) is 43.1 Å². The van der Waals surface area contributed by atoms with Crippen LogP contribution in [0.4, 0.5) is 0 Å². The van der Waals surface area contributed by atoms with Gasteiger partial charge in [0.05, 0.1) is 0 Å². The highest BCUT2D eigenvalue weighted by Crippen LogP contribution is 2.39. The minimum absolute atomic E-state index is 0.774. The van der Waals surface area contributed by atoms with Crippen LogP contribution in [0.15, 0.2) is 6.20 Å². The summed E-state index contributed by atoms with van der Waals surface area (Å²) in [5, 5.41) is 3.43. The number of rotatable bonds is 3. The molecule has 2 fully saturated rings. The minimum atomic E-state index is 0.774. The van der Waals surface area contributed by atoms with Crippen molar-refractivity contribution in [3.05, 3.63) is 17.7 Å². The minimum Gasteiger partial charge on any atom is -0.332 e. The molecule has 0 amide bonds. The molecule has 2 aliphatic rings. The van der Waals surface area contributed by atoms with Gasteiger partial charge in [0, 0.05) is 24.4 Å². The SMILES string of the molecule is Cc1cnc(C2CC2)n1CC1CCNCC1. The molecular formula is C13H21N3. The lowest BCUT2D eigenvalue weighted by atomic mass is 9.98. The first-order chi connectivity index (χ1) is 7.84. The van der Waals surface area contributed by atoms with E-state index in [4.69, 9.17) is 0 Å². The zero-order chi connectivity index (χ0) is 11.0. The summed E-state index contributed by atoms with van der Waals surface area (Å²) >= 11 is 0. The Hall–Kier alpha value is -0.830. The standard InChI is InChI=1S/C13H21N3/c1-10-8-15-13(12-2-3-12)16(10)9-11-4-6-14-7-5-11/h8,11-12,14H,2-7,9H2,1H3. The predicted molar refractivity (Wildman–Crippen MR) is 64.5 cm³/mol. The Kier molecular flexibility index (Phi) is 2.72. The quantitative estimate of drug-likeness (QED) is 0.843. The van der Waals surface area contributed by atoms with Gasteiger partial charge < -0.3 is 9.88 Å². The fourth-order valence-electron chi connectivity index (χ4n) is 2.71. The largest absolute Gasteiger partial charge is 0.332 e. The summed E-state index contributed by atoms with van der Waals surface area (Å²) < 4.78 is 2.48. The van der Waals surface area contributed by atoms with Crippen LogP contribution in [0.2, 0.25) is 0 Å². The Morgan fingerprint density at radius 3 is 2.75 bits per heavy atom. The molecule has 1 aliphatic carbocycles. The van der Waals surface area contributed by atoms with E-state index in [9.17, 15) is 0 Å². The number of aromatic nitrogens is 2. The Labute approximate surface area is 97.3 Å². The van der Waals surface area contributed by atoms with Gasteiger partial charge in [-0.15, -0.1) is 0 Å². The third-order valence-electron chi connectivity index (χ3n) is 3.93. The normalized spacial score (nSPS) is 22.6. The van der Waals surface area contributed by atoms with Gasteiger partial charge in [0.1, 0.15) is 5.82 Å². The van der Waals surface area contributed by atoms with Crippen molar-refractivity contribution in [1.29, 1.82) is 0 Å². The molecule has 1 aliphatic heterocycles. The fourth-order valence-corrected chi connectivity index (χ4v) is 2.71. The first-order valence-electron chi connectivity index (χ1n) is 6.57. The molecule has 88 valence electrons. The third kappa shape index (κ3) is 2.01. The first kappa shape index (κ1) is 10.3. The lowest BCUT2D eigenvalue weighted by Crippen LogP contribution is -2.30. The highest BCUT2D eigenvalue weighted by atomic mass is 15.1. The van der Waals surface area contributed by atoms with E-state index in [1.54, 1.807) is 0 Å². The van der Waals surface area contributed by atoms with Gasteiger partial charge in [0.25, 0.3) is 0 Å². The number of imidazole rings is 1. The first-order valence-corrected chi connectivity index (χ1v) is 6.57. The molecule has 0 radical (unpaired) electrons. The number of piperidine rings is 1. The van der Waals surface area contributed by atoms with E-state index in [-0.39, 0.29) is 0 Å². The number of hydrogen-bond acceptors (Lipinski definition) is 2. The van der Waals surface area contributed by atoms with Crippen LogP contribution in [0.25, 0.3) is 0 Å². The van der Waals surface area contributed by atoms with Gasteiger partial charge in [0.2, 0.25) is 0 Å². The molecule has 0 spiro atoms. The molecule has 1 N–H and O–H groups in total. The second-order valence-corrected chi connectivity index (χ2v) is 5.34. The maximum Gasteiger partial charge on any atom is 0.111 e.